The Bertz CT molecular complexity index is 1270. The molecule has 0 spiro atoms. The largest absolute Gasteiger partial charge is 0.508 e. The number of phenols is 2. The number of pyridine rings is 1. The Morgan fingerprint density at radius 1 is 0.441 bits per heavy atom. The second kappa shape index (κ2) is 9.38. The third-order valence-electron chi connectivity index (χ3n) is 5.27. The quantitative estimate of drug-likeness (QED) is 0.283. The average Bonchev–Trinajstić information content (AvgIpc) is 2.86. The third kappa shape index (κ3) is 5.00. The Balaban J connectivity index is 1.25. The number of hydrogen-bond acceptors (Lipinski definition) is 5. The number of aromatic hydroxyl groups is 2. The van der Waals surface area contributed by atoms with Crippen LogP contribution in [0.25, 0.3) is 22.3 Å². The Labute approximate surface area is 197 Å². The molecular formula is C29H21NO4. The van der Waals surface area contributed by atoms with Crippen LogP contribution in [0.3, 0.4) is 0 Å². The fourth-order valence-corrected chi connectivity index (χ4v) is 3.51. The molecule has 0 bridgehead atoms. The van der Waals surface area contributed by atoms with E-state index in [1.165, 1.54) is 0 Å². The summed E-state index contributed by atoms with van der Waals surface area (Å²) in [6.45, 7) is 0. The topological polar surface area (TPSA) is 71.8 Å². The van der Waals surface area contributed by atoms with Crippen LogP contribution in [0.1, 0.15) is 0 Å². The van der Waals surface area contributed by atoms with Gasteiger partial charge >= 0.3 is 0 Å². The maximum absolute atomic E-state index is 9.45. The van der Waals surface area contributed by atoms with E-state index in [0.717, 1.165) is 22.3 Å². The number of nitrogens with zero attached hydrogens (tertiary/aromatic N) is 1. The Morgan fingerprint density at radius 2 is 0.853 bits per heavy atom. The van der Waals surface area contributed by atoms with Crippen molar-refractivity contribution in [1.82, 2.24) is 4.98 Å². The van der Waals surface area contributed by atoms with Crippen LogP contribution in [0.2, 0.25) is 0 Å². The molecule has 4 aromatic carbocycles. The van der Waals surface area contributed by atoms with Gasteiger partial charge in [0.2, 0.25) is 5.88 Å². The van der Waals surface area contributed by atoms with Crippen molar-refractivity contribution in [3.63, 3.8) is 0 Å². The molecule has 5 nitrogen and oxygen atoms in total. The first kappa shape index (κ1) is 21.1. The molecule has 0 amide bonds. The number of rotatable bonds is 6. The Kier molecular flexibility index (Phi) is 5.82. The van der Waals surface area contributed by atoms with Crippen LogP contribution in [-0.4, -0.2) is 15.2 Å². The Hall–Kier alpha value is -4.77. The van der Waals surface area contributed by atoms with Gasteiger partial charge in [-0.05, 0) is 76.9 Å². The normalized spacial score (nSPS) is 10.6. The highest BCUT2D eigenvalue weighted by Crippen LogP contribution is 2.30. The van der Waals surface area contributed by atoms with Crippen molar-refractivity contribution in [2.75, 3.05) is 0 Å². The lowest BCUT2D eigenvalue weighted by Crippen LogP contribution is -1.90. The molecule has 0 saturated heterocycles. The second-order valence-electron chi connectivity index (χ2n) is 7.68. The minimum atomic E-state index is 0.241. The standard InChI is InChI=1S/C29H21NO4/c31-24-9-1-20(2-10-24)22-5-13-26(14-6-22)33-28-17-18-30-29(19-28)34-27-15-7-23(8-16-27)21-3-11-25(32)12-4-21/h1-19,31-32H. The lowest BCUT2D eigenvalue weighted by molar-refractivity contribution is 0.446. The van der Waals surface area contributed by atoms with Crippen molar-refractivity contribution in [2.24, 2.45) is 0 Å². The lowest BCUT2D eigenvalue weighted by atomic mass is 10.1. The van der Waals surface area contributed by atoms with Gasteiger partial charge in [0.05, 0.1) is 0 Å². The molecule has 1 aromatic heterocycles. The molecule has 0 saturated carbocycles. The molecule has 5 rings (SSSR count). The van der Waals surface area contributed by atoms with Gasteiger partial charge in [-0.25, -0.2) is 4.98 Å². The van der Waals surface area contributed by atoms with E-state index >= 15 is 0 Å². The number of ether oxygens (including phenoxy) is 2. The van der Waals surface area contributed by atoms with Crippen LogP contribution >= 0.6 is 0 Å². The van der Waals surface area contributed by atoms with Gasteiger partial charge in [0.25, 0.3) is 0 Å². The minimum absolute atomic E-state index is 0.241. The number of hydrogen-bond donors (Lipinski definition) is 2. The van der Waals surface area contributed by atoms with E-state index in [4.69, 9.17) is 9.47 Å². The van der Waals surface area contributed by atoms with Crippen LogP contribution in [0.5, 0.6) is 34.6 Å². The van der Waals surface area contributed by atoms with Crippen molar-refractivity contribution < 1.29 is 19.7 Å². The first-order chi connectivity index (χ1) is 16.6. The molecule has 0 aliphatic carbocycles. The van der Waals surface area contributed by atoms with Gasteiger partial charge in [-0.2, -0.15) is 0 Å². The van der Waals surface area contributed by atoms with E-state index < -0.39 is 0 Å². The van der Waals surface area contributed by atoms with Crippen molar-refractivity contribution in [3.05, 3.63) is 115 Å². The van der Waals surface area contributed by atoms with Crippen LogP contribution in [-0.2, 0) is 0 Å². The van der Waals surface area contributed by atoms with E-state index in [-0.39, 0.29) is 11.5 Å². The van der Waals surface area contributed by atoms with E-state index in [0.29, 0.717) is 23.1 Å². The van der Waals surface area contributed by atoms with Gasteiger partial charge in [-0.3, -0.25) is 0 Å². The summed E-state index contributed by atoms with van der Waals surface area (Å²) in [5.41, 5.74) is 4.07. The second-order valence-corrected chi connectivity index (χ2v) is 7.68. The monoisotopic (exact) mass is 447 g/mol. The van der Waals surface area contributed by atoms with Crippen LogP contribution in [0.4, 0.5) is 0 Å². The lowest BCUT2D eigenvalue weighted by Gasteiger charge is -2.10. The van der Waals surface area contributed by atoms with Crippen molar-refractivity contribution >= 4 is 0 Å². The molecule has 166 valence electrons. The number of aromatic nitrogens is 1. The average molecular weight is 447 g/mol. The summed E-state index contributed by atoms with van der Waals surface area (Å²) in [5, 5.41) is 18.9. The molecular weight excluding hydrogens is 426 g/mol. The highest BCUT2D eigenvalue weighted by atomic mass is 16.5. The number of phenolic OH excluding ortho intramolecular Hbond substituents is 2. The smallest absolute Gasteiger partial charge is 0.222 e. The summed E-state index contributed by atoms with van der Waals surface area (Å²) < 4.78 is 11.9. The van der Waals surface area contributed by atoms with Crippen LogP contribution < -0.4 is 9.47 Å². The maximum atomic E-state index is 9.45. The first-order valence-corrected chi connectivity index (χ1v) is 10.7. The molecule has 34 heavy (non-hydrogen) atoms. The summed E-state index contributed by atoms with van der Waals surface area (Å²) in [5.74, 6) is 2.87. The maximum Gasteiger partial charge on any atom is 0.222 e. The summed E-state index contributed by atoms with van der Waals surface area (Å²) in [7, 11) is 0. The molecule has 0 radical (unpaired) electrons. The van der Waals surface area contributed by atoms with Gasteiger partial charge in [0, 0.05) is 12.3 Å². The van der Waals surface area contributed by atoms with Crippen molar-refractivity contribution in [2.45, 2.75) is 0 Å². The fourth-order valence-electron chi connectivity index (χ4n) is 3.51. The Morgan fingerprint density at radius 3 is 1.32 bits per heavy atom. The molecule has 0 unspecified atom stereocenters. The zero-order valence-corrected chi connectivity index (χ0v) is 18.1. The summed E-state index contributed by atoms with van der Waals surface area (Å²) >= 11 is 0. The van der Waals surface area contributed by atoms with Gasteiger partial charge in [-0.1, -0.05) is 48.5 Å². The third-order valence-corrected chi connectivity index (χ3v) is 5.27. The van der Waals surface area contributed by atoms with Crippen molar-refractivity contribution in [3.8, 4) is 56.9 Å². The molecule has 5 heteroatoms. The fraction of sp³-hybridized carbons (Fsp3) is 0. The predicted molar refractivity (Wildman–Crippen MR) is 131 cm³/mol. The van der Waals surface area contributed by atoms with E-state index in [2.05, 4.69) is 4.98 Å². The minimum Gasteiger partial charge on any atom is -0.508 e. The van der Waals surface area contributed by atoms with Crippen molar-refractivity contribution in [1.29, 1.82) is 0 Å². The van der Waals surface area contributed by atoms with E-state index in [1.54, 1.807) is 42.6 Å². The van der Waals surface area contributed by atoms with Gasteiger partial charge in [0.1, 0.15) is 28.7 Å². The SMILES string of the molecule is Oc1ccc(-c2ccc(Oc3ccnc(Oc4ccc(-c5ccc(O)cc5)cc4)c3)cc2)cc1. The molecule has 0 atom stereocenters. The van der Waals surface area contributed by atoms with Gasteiger partial charge < -0.3 is 19.7 Å². The van der Waals surface area contributed by atoms with Gasteiger partial charge in [0.15, 0.2) is 0 Å². The zero-order valence-electron chi connectivity index (χ0n) is 18.1. The summed E-state index contributed by atoms with van der Waals surface area (Å²) in [6, 6.07) is 33.0. The summed E-state index contributed by atoms with van der Waals surface area (Å²) in [6.07, 6.45) is 1.64. The molecule has 5 aromatic rings. The summed E-state index contributed by atoms with van der Waals surface area (Å²) in [4.78, 5) is 4.28. The highest BCUT2D eigenvalue weighted by Gasteiger charge is 2.05. The molecule has 0 aliphatic heterocycles. The molecule has 2 N–H and O–H groups in total. The van der Waals surface area contributed by atoms with Gasteiger partial charge in [-0.15, -0.1) is 0 Å². The highest BCUT2D eigenvalue weighted by molar-refractivity contribution is 5.66. The van der Waals surface area contributed by atoms with E-state index in [9.17, 15) is 10.2 Å². The molecule has 1 heterocycles. The zero-order chi connectivity index (χ0) is 23.3. The first-order valence-electron chi connectivity index (χ1n) is 10.7. The van der Waals surface area contributed by atoms with E-state index in [1.807, 2.05) is 72.8 Å². The van der Waals surface area contributed by atoms with Crippen LogP contribution in [0, 0.1) is 0 Å². The molecule has 0 aliphatic rings. The predicted octanol–water partition coefficient (Wildman–Crippen LogP) is 7.41. The van der Waals surface area contributed by atoms with Crippen LogP contribution in [0.15, 0.2) is 115 Å². The number of benzene rings is 4. The molecule has 0 fully saturated rings.